The van der Waals surface area contributed by atoms with Gasteiger partial charge in [0.2, 0.25) is 0 Å². The van der Waals surface area contributed by atoms with Gasteiger partial charge in [0.25, 0.3) is 0 Å². The van der Waals surface area contributed by atoms with Gasteiger partial charge in [0.1, 0.15) is 0 Å². The highest BCUT2D eigenvalue weighted by Crippen LogP contribution is 2.19. The van der Waals surface area contributed by atoms with Gasteiger partial charge in [-0.25, -0.2) is 4.79 Å². The third-order valence-electron chi connectivity index (χ3n) is 2.72. The van der Waals surface area contributed by atoms with Gasteiger partial charge in [-0.1, -0.05) is 49.4 Å². The molecule has 0 radical (unpaired) electrons. The first-order valence-electron chi connectivity index (χ1n) is 6.11. The van der Waals surface area contributed by atoms with Gasteiger partial charge in [-0.2, -0.15) is 0 Å². The van der Waals surface area contributed by atoms with Crippen molar-refractivity contribution in [2.45, 2.75) is 13.3 Å². The van der Waals surface area contributed by atoms with Crippen molar-refractivity contribution in [2.24, 2.45) is 0 Å². The van der Waals surface area contributed by atoms with E-state index in [1.807, 2.05) is 42.5 Å². The topological polar surface area (TPSA) is 43.4 Å². The highest BCUT2D eigenvalue weighted by molar-refractivity contribution is 5.97. The lowest BCUT2D eigenvalue weighted by atomic mass is 10.0. The van der Waals surface area contributed by atoms with E-state index < -0.39 is 11.9 Å². The quantitative estimate of drug-likeness (QED) is 0.622. The Morgan fingerprint density at radius 1 is 0.895 bits per heavy atom. The van der Waals surface area contributed by atoms with Crippen molar-refractivity contribution in [1.82, 2.24) is 0 Å². The minimum Gasteiger partial charge on any atom is -0.389 e. The summed E-state index contributed by atoms with van der Waals surface area (Å²) in [6.45, 7) is 1.65. The number of esters is 2. The summed E-state index contributed by atoms with van der Waals surface area (Å²) in [5.74, 6) is -1.12. The molecule has 0 amide bonds. The van der Waals surface area contributed by atoms with E-state index in [9.17, 15) is 9.59 Å². The molecule has 96 valence electrons. The van der Waals surface area contributed by atoms with E-state index in [1.54, 1.807) is 19.1 Å². The summed E-state index contributed by atoms with van der Waals surface area (Å²) < 4.78 is 4.65. The fourth-order valence-corrected chi connectivity index (χ4v) is 1.66. The minimum atomic E-state index is -0.605. The zero-order valence-corrected chi connectivity index (χ0v) is 10.6. The molecule has 2 rings (SSSR count). The lowest BCUT2D eigenvalue weighted by Crippen LogP contribution is -2.11. The van der Waals surface area contributed by atoms with Crippen LogP contribution < -0.4 is 0 Å². The molecule has 3 nitrogen and oxygen atoms in total. The Balaban J connectivity index is 2.15. The first-order valence-corrected chi connectivity index (χ1v) is 6.11. The standard InChI is InChI=1S/C16H14O3/c1-2-15(17)19-16(18)14-10-8-13(9-11-14)12-6-4-3-5-7-12/h3-11H,2H2,1H3. The molecule has 0 aromatic heterocycles. The molecule has 0 aliphatic rings. The van der Waals surface area contributed by atoms with Crippen molar-refractivity contribution in [1.29, 1.82) is 0 Å². The first-order chi connectivity index (χ1) is 9.20. The third kappa shape index (κ3) is 3.28. The molecule has 0 fully saturated rings. The molecule has 0 N–H and O–H groups in total. The Kier molecular flexibility index (Phi) is 4.08. The van der Waals surface area contributed by atoms with Gasteiger partial charge in [0, 0.05) is 6.42 Å². The number of carbonyl (C=O) groups excluding carboxylic acids is 2. The van der Waals surface area contributed by atoms with Crippen LogP contribution in [0.5, 0.6) is 0 Å². The molecule has 0 saturated carbocycles. The van der Waals surface area contributed by atoms with E-state index in [0.29, 0.717) is 5.56 Å². The molecular formula is C16H14O3. The van der Waals surface area contributed by atoms with Gasteiger partial charge in [-0.3, -0.25) is 4.79 Å². The summed E-state index contributed by atoms with van der Waals surface area (Å²) >= 11 is 0. The Labute approximate surface area is 111 Å². The van der Waals surface area contributed by atoms with Crippen molar-refractivity contribution in [3.8, 4) is 11.1 Å². The van der Waals surface area contributed by atoms with Crippen LogP contribution >= 0.6 is 0 Å². The smallest absolute Gasteiger partial charge is 0.345 e. The number of rotatable bonds is 3. The number of benzene rings is 2. The molecule has 0 bridgehead atoms. The van der Waals surface area contributed by atoms with E-state index in [2.05, 4.69) is 4.74 Å². The van der Waals surface area contributed by atoms with Gasteiger partial charge < -0.3 is 4.74 Å². The maximum atomic E-state index is 11.6. The van der Waals surface area contributed by atoms with Gasteiger partial charge in [-0.15, -0.1) is 0 Å². The third-order valence-corrected chi connectivity index (χ3v) is 2.72. The summed E-state index contributed by atoms with van der Waals surface area (Å²) in [5.41, 5.74) is 2.47. The molecule has 0 aliphatic carbocycles. The molecule has 19 heavy (non-hydrogen) atoms. The van der Waals surface area contributed by atoms with Crippen molar-refractivity contribution in [3.63, 3.8) is 0 Å². The summed E-state index contributed by atoms with van der Waals surface area (Å²) in [5, 5.41) is 0. The van der Waals surface area contributed by atoms with Crippen LogP contribution in [-0.2, 0) is 9.53 Å². The van der Waals surface area contributed by atoms with E-state index in [4.69, 9.17) is 0 Å². The van der Waals surface area contributed by atoms with Crippen molar-refractivity contribution >= 4 is 11.9 Å². The highest BCUT2D eigenvalue weighted by atomic mass is 16.6. The summed E-state index contributed by atoms with van der Waals surface area (Å²) in [6.07, 6.45) is 0.188. The number of hydrogen-bond donors (Lipinski definition) is 0. The molecule has 2 aromatic carbocycles. The summed E-state index contributed by atoms with van der Waals surface area (Å²) in [4.78, 5) is 22.7. The second kappa shape index (κ2) is 5.96. The largest absolute Gasteiger partial charge is 0.389 e. The molecule has 0 aliphatic heterocycles. The Morgan fingerprint density at radius 3 is 2.05 bits per heavy atom. The highest BCUT2D eigenvalue weighted by Gasteiger charge is 2.11. The Hall–Kier alpha value is -2.42. The van der Waals surface area contributed by atoms with Crippen molar-refractivity contribution in [2.75, 3.05) is 0 Å². The Bertz CT molecular complexity index is 571. The van der Waals surface area contributed by atoms with Crippen LogP contribution in [0.1, 0.15) is 23.7 Å². The number of hydrogen-bond acceptors (Lipinski definition) is 3. The van der Waals surface area contributed by atoms with Crippen LogP contribution in [0.25, 0.3) is 11.1 Å². The van der Waals surface area contributed by atoms with Crippen LogP contribution in [0, 0.1) is 0 Å². The van der Waals surface area contributed by atoms with Gasteiger partial charge in [0.05, 0.1) is 5.56 Å². The fourth-order valence-electron chi connectivity index (χ4n) is 1.66. The average Bonchev–Trinajstić information content (AvgIpc) is 2.48. The second-order valence-electron chi connectivity index (χ2n) is 4.06. The summed E-state index contributed by atoms with van der Waals surface area (Å²) in [7, 11) is 0. The van der Waals surface area contributed by atoms with Crippen LogP contribution in [-0.4, -0.2) is 11.9 Å². The summed E-state index contributed by atoms with van der Waals surface area (Å²) in [6, 6.07) is 16.8. The predicted octanol–water partition coefficient (Wildman–Crippen LogP) is 3.45. The SMILES string of the molecule is CCC(=O)OC(=O)c1ccc(-c2ccccc2)cc1. The maximum absolute atomic E-state index is 11.6. The molecule has 0 saturated heterocycles. The molecule has 0 heterocycles. The second-order valence-corrected chi connectivity index (χ2v) is 4.06. The van der Waals surface area contributed by atoms with Crippen LogP contribution in [0.15, 0.2) is 54.6 Å². The molecule has 2 aromatic rings. The van der Waals surface area contributed by atoms with Crippen LogP contribution in [0.2, 0.25) is 0 Å². The molecular weight excluding hydrogens is 240 g/mol. The van der Waals surface area contributed by atoms with Crippen molar-refractivity contribution in [3.05, 3.63) is 60.2 Å². The first kappa shape index (κ1) is 13.0. The fraction of sp³-hybridized carbons (Fsp3) is 0.125. The molecule has 0 atom stereocenters. The minimum absolute atomic E-state index is 0.188. The van der Waals surface area contributed by atoms with E-state index in [-0.39, 0.29) is 6.42 Å². The zero-order chi connectivity index (χ0) is 13.7. The lowest BCUT2D eigenvalue weighted by molar-refractivity contribution is -0.137. The lowest BCUT2D eigenvalue weighted by Gasteiger charge is -2.04. The molecule has 0 unspecified atom stereocenters. The van der Waals surface area contributed by atoms with E-state index in [0.717, 1.165) is 11.1 Å². The van der Waals surface area contributed by atoms with Gasteiger partial charge in [-0.05, 0) is 23.3 Å². The zero-order valence-electron chi connectivity index (χ0n) is 10.6. The Morgan fingerprint density at radius 2 is 1.47 bits per heavy atom. The predicted molar refractivity (Wildman–Crippen MR) is 72.6 cm³/mol. The van der Waals surface area contributed by atoms with E-state index in [1.165, 1.54) is 0 Å². The maximum Gasteiger partial charge on any atom is 0.345 e. The monoisotopic (exact) mass is 254 g/mol. The van der Waals surface area contributed by atoms with Crippen molar-refractivity contribution < 1.29 is 14.3 Å². The van der Waals surface area contributed by atoms with Crippen LogP contribution in [0.3, 0.4) is 0 Å². The normalized spacial score (nSPS) is 9.95. The average molecular weight is 254 g/mol. The van der Waals surface area contributed by atoms with Crippen LogP contribution in [0.4, 0.5) is 0 Å². The number of carbonyl (C=O) groups is 2. The van der Waals surface area contributed by atoms with E-state index >= 15 is 0 Å². The van der Waals surface area contributed by atoms with Gasteiger partial charge in [0.15, 0.2) is 0 Å². The van der Waals surface area contributed by atoms with Gasteiger partial charge >= 0.3 is 11.9 Å². The molecule has 3 heteroatoms. The molecule has 0 spiro atoms. The number of ether oxygens (including phenoxy) is 1.